The number of amides is 1. The van der Waals surface area contributed by atoms with Crippen molar-refractivity contribution >= 4 is 5.91 Å². The molecule has 0 aliphatic rings. The van der Waals surface area contributed by atoms with Gasteiger partial charge in [0.25, 0.3) is 0 Å². The Labute approximate surface area is 131 Å². The van der Waals surface area contributed by atoms with Crippen molar-refractivity contribution in [1.29, 1.82) is 0 Å². The third-order valence-electron chi connectivity index (χ3n) is 3.79. The minimum absolute atomic E-state index is 0.0566. The Kier molecular flexibility index (Phi) is 5.31. The van der Waals surface area contributed by atoms with Crippen LogP contribution in [0.15, 0.2) is 48.5 Å². The second kappa shape index (κ2) is 7.21. The lowest BCUT2D eigenvalue weighted by Crippen LogP contribution is -2.28. The molecule has 0 heterocycles. The lowest BCUT2D eigenvalue weighted by Gasteiger charge is -2.15. The molecule has 2 nitrogen and oxygen atoms in total. The number of halogens is 1. The topological polar surface area (TPSA) is 29.1 Å². The van der Waals surface area contributed by atoms with Crippen LogP contribution in [-0.4, -0.2) is 5.91 Å². The van der Waals surface area contributed by atoms with Gasteiger partial charge in [-0.15, -0.1) is 0 Å². The van der Waals surface area contributed by atoms with E-state index in [4.69, 9.17) is 0 Å². The Bertz CT molecular complexity index is 634. The Balaban J connectivity index is 1.97. The summed E-state index contributed by atoms with van der Waals surface area (Å²) < 4.78 is 13.6. The van der Waals surface area contributed by atoms with Gasteiger partial charge in [-0.1, -0.05) is 56.3 Å². The first-order valence-electron chi connectivity index (χ1n) is 7.60. The van der Waals surface area contributed by atoms with Crippen LogP contribution in [0.1, 0.15) is 49.4 Å². The van der Waals surface area contributed by atoms with Gasteiger partial charge in [-0.05, 0) is 35.6 Å². The molecule has 22 heavy (non-hydrogen) atoms. The molecule has 1 atom stereocenters. The van der Waals surface area contributed by atoms with Crippen LogP contribution < -0.4 is 5.32 Å². The summed E-state index contributed by atoms with van der Waals surface area (Å²) in [5.41, 5.74) is 2.74. The van der Waals surface area contributed by atoms with Crippen molar-refractivity contribution < 1.29 is 9.18 Å². The van der Waals surface area contributed by atoms with E-state index in [1.165, 1.54) is 11.6 Å². The van der Waals surface area contributed by atoms with E-state index in [1.54, 1.807) is 18.2 Å². The molecule has 0 spiro atoms. The van der Waals surface area contributed by atoms with Gasteiger partial charge >= 0.3 is 0 Å². The van der Waals surface area contributed by atoms with Gasteiger partial charge in [0.1, 0.15) is 5.82 Å². The van der Waals surface area contributed by atoms with Crippen LogP contribution in [0.5, 0.6) is 0 Å². The summed E-state index contributed by atoms with van der Waals surface area (Å²) in [6, 6.07) is 14.5. The maximum Gasteiger partial charge on any atom is 0.225 e. The van der Waals surface area contributed by atoms with Gasteiger partial charge in [0, 0.05) is 0 Å². The average molecular weight is 299 g/mol. The van der Waals surface area contributed by atoms with Crippen LogP contribution in [0, 0.1) is 5.82 Å². The highest BCUT2D eigenvalue weighted by Crippen LogP contribution is 2.18. The van der Waals surface area contributed by atoms with Gasteiger partial charge in [0.05, 0.1) is 12.5 Å². The van der Waals surface area contributed by atoms with E-state index in [0.717, 1.165) is 5.56 Å². The molecule has 116 valence electrons. The number of carbonyl (C=O) groups is 1. The van der Waals surface area contributed by atoms with Crippen molar-refractivity contribution in [2.24, 2.45) is 0 Å². The normalized spacial score (nSPS) is 12.2. The molecule has 0 bridgehead atoms. The monoisotopic (exact) mass is 299 g/mol. The smallest absolute Gasteiger partial charge is 0.225 e. The van der Waals surface area contributed by atoms with Gasteiger partial charge in [0.15, 0.2) is 0 Å². The molecule has 1 N–H and O–H groups in total. The zero-order chi connectivity index (χ0) is 16.1. The number of benzene rings is 2. The summed E-state index contributed by atoms with van der Waals surface area (Å²) in [4.78, 5) is 12.0. The van der Waals surface area contributed by atoms with E-state index >= 15 is 0 Å². The van der Waals surface area contributed by atoms with E-state index < -0.39 is 0 Å². The molecule has 1 amide bonds. The number of carbonyl (C=O) groups excluding carboxylic acids is 1. The SMILES string of the molecule is CC(C)c1ccc([C@H](C)NC(=O)Cc2ccccc2F)cc1. The predicted molar refractivity (Wildman–Crippen MR) is 87.2 cm³/mol. The number of nitrogens with one attached hydrogen (secondary N) is 1. The van der Waals surface area contributed by atoms with Crippen molar-refractivity contribution in [1.82, 2.24) is 5.32 Å². The zero-order valence-electron chi connectivity index (χ0n) is 13.3. The second-order valence-electron chi connectivity index (χ2n) is 5.88. The first-order valence-corrected chi connectivity index (χ1v) is 7.60. The van der Waals surface area contributed by atoms with Crippen LogP contribution in [0.2, 0.25) is 0 Å². The van der Waals surface area contributed by atoms with Gasteiger partial charge < -0.3 is 5.32 Å². The average Bonchev–Trinajstić information content (AvgIpc) is 2.49. The fourth-order valence-electron chi connectivity index (χ4n) is 2.36. The molecule has 2 aromatic rings. The molecule has 3 heteroatoms. The van der Waals surface area contributed by atoms with Gasteiger partial charge in [0.2, 0.25) is 5.91 Å². The van der Waals surface area contributed by atoms with Crippen LogP contribution >= 0.6 is 0 Å². The van der Waals surface area contributed by atoms with Crippen LogP contribution in [0.25, 0.3) is 0 Å². The fourth-order valence-corrected chi connectivity index (χ4v) is 2.36. The van der Waals surface area contributed by atoms with Crippen molar-refractivity contribution in [2.45, 2.75) is 39.2 Å². The third-order valence-corrected chi connectivity index (χ3v) is 3.79. The van der Waals surface area contributed by atoms with Gasteiger partial charge in [-0.2, -0.15) is 0 Å². The first kappa shape index (κ1) is 16.2. The lowest BCUT2D eigenvalue weighted by atomic mass is 9.99. The van der Waals surface area contributed by atoms with Crippen molar-refractivity contribution in [3.8, 4) is 0 Å². The minimum atomic E-state index is -0.341. The molecule has 2 aromatic carbocycles. The molecular weight excluding hydrogens is 277 g/mol. The van der Waals surface area contributed by atoms with E-state index in [9.17, 15) is 9.18 Å². The third kappa shape index (κ3) is 4.17. The summed E-state index contributed by atoms with van der Waals surface area (Å²) in [6.45, 7) is 6.23. The molecule has 0 radical (unpaired) electrons. The highest BCUT2D eigenvalue weighted by Gasteiger charge is 2.12. The summed E-state index contributed by atoms with van der Waals surface area (Å²) >= 11 is 0. The standard InChI is InChI=1S/C19H22FNO/c1-13(2)15-8-10-16(11-9-15)14(3)21-19(22)12-17-6-4-5-7-18(17)20/h4-11,13-14H,12H2,1-3H3,(H,21,22)/t14-/m0/s1. The fraction of sp³-hybridized carbons (Fsp3) is 0.316. The maximum atomic E-state index is 13.6. The van der Waals surface area contributed by atoms with Crippen LogP contribution in [0.4, 0.5) is 4.39 Å². The molecule has 0 saturated heterocycles. The number of hydrogen-bond acceptors (Lipinski definition) is 1. The molecule has 0 aliphatic heterocycles. The minimum Gasteiger partial charge on any atom is -0.349 e. The van der Waals surface area contributed by atoms with Gasteiger partial charge in [-0.25, -0.2) is 4.39 Å². The maximum absolute atomic E-state index is 13.6. The molecule has 0 unspecified atom stereocenters. The Morgan fingerprint density at radius 3 is 2.18 bits per heavy atom. The van der Waals surface area contributed by atoms with Crippen LogP contribution in [-0.2, 0) is 11.2 Å². The molecule has 0 fully saturated rings. The quantitative estimate of drug-likeness (QED) is 0.872. The Morgan fingerprint density at radius 1 is 1.00 bits per heavy atom. The number of rotatable bonds is 5. The summed E-state index contributed by atoms with van der Waals surface area (Å²) in [5, 5.41) is 2.91. The molecule has 2 rings (SSSR count). The van der Waals surface area contributed by atoms with E-state index in [-0.39, 0.29) is 24.2 Å². The predicted octanol–water partition coefficient (Wildman–Crippen LogP) is 4.37. The van der Waals surface area contributed by atoms with Gasteiger partial charge in [-0.3, -0.25) is 4.79 Å². The largest absolute Gasteiger partial charge is 0.349 e. The van der Waals surface area contributed by atoms with Crippen molar-refractivity contribution in [3.05, 3.63) is 71.0 Å². The zero-order valence-corrected chi connectivity index (χ0v) is 13.3. The van der Waals surface area contributed by atoms with E-state index in [2.05, 4.69) is 31.3 Å². The molecule has 0 aliphatic carbocycles. The second-order valence-corrected chi connectivity index (χ2v) is 5.88. The highest BCUT2D eigenvalue weighted by atomic mass is 19.1. The first-order chi connectivity index (χ1) is 10.5. The Hall–Kier alpha value is -2.16. The Morgan fingerprint density at radius 2 is 1.59 bits per heavy atom. The van der Waals surface area contributed by atoms with Crippen molar-refractivity contribution in [3.63, 3.8) is 0 Å². The molecular formula is C19H22FNO. The van der Waals surface area contributed by atoms with E-state index in [1.807, 2.05) is 19.1 Å². The van der Waals surface area contributed by atoms with Crippen molar-refractivity contribution in [2.75, 3.05) is 0 Å². The molecule has 0 aromatic heterocycles. The number of hydrogen-bond donors (Lipinski definition) is 1. The summed E-state index contributed by atoms with van der Waals surface area (Å²) in [5.74, 6) is -0.0304. The lowest BCUT2D eigenvalue weighted by molar-refractivity contribution is -0.121. The summed E-state index contributed by atoms with van der Waals surface area (Å²) in [6.07, 6.45) is 0.0566. The van der Waals surface area contributed by atoms with Crippen LogP contribution in [0.3, 0.4) is 0 Å². The summed E-state index contributed by atoms with van der Waals surface area (Å²) in [7, 11) is 0. The molecule has 0 saturated carbocycles. The van der Waals surface area contributed by atoms with E-state index in [0.29, 0.717) is 11.5 Å². The highest BCUT2D eigenvalue weighted by molar-refractivity contribution is 5.79.